The van der Waals surface area contributed by atoms with Crippen molar-refractivity contribution in [3.63, 3.8) is 0 Å². The molecule has 158 valence electrons. The third kappa shape index (κ3) is 3.43. The molecular formula is C30H27NS. The van der Waals surface area contributed by atoms with E-state index in [0.717, 1.165) is 41.6 Å². The summed E-state index contributed by atoms with van der Waals surface area (Å²) in [6.45, 7) is -2.40. The molecule has 0 aliphatic heterocycles. The summed E-state index contributed by atoms with van der Waals surface area (Å²) in [7, 11) is 0. The van der Waals surface area contributed by atoms with Gasteiger partial charge in [0.05, 0.1) is 5.69 Å². The van der Waals surface area contributed by atoms with Crippen LogP contribution in [-0.4, -0.2) is 4.98 Å². The maximum absolute atomic E-state index is 9.24. The first-order valence-corrected chi connectivity index (χ1v) is 12.2. The maximum atomic E-state index is 9.24. The molecule has 1 unspecified atom stereocenters. The fourth-order valence-corrected chi connectivity index (χ4v) is 6.27. The van der Waals surface area contributed by atoms with Gasteiger partial charge in [0.25, 0.3) is 0 Å². The number of rotatable bonds is 4. The van der Waals surface area contributed by atoms with E-state index >= 15 is 0 Å². The van der Waals surface area contributed by atoms with Crippen LogP contribution in [0.1, 0.15) is 49.5 Å². The predicted octanol–water partition coefficient (Wildman–Crippen LogP) is 9.08. The fourth-order valence-electron chi connectivity index (χ4n) is 5.01. The smallest absolute Gasteiger partial charge is 0.0719 e. The Balaban J connectivity index is 1.49. The van der Waals surface area contributed by atoms with Crippen molar-refractivity contribution in [3.8, 4) is 22.4 Å². The van der Waals surface area contributed by atoms with Crippen molar-refractivity contribution in [1.29, 1.82) is 0 Å². The lowest BCUT2D eigenvalue weighted by atomic mass is 9.86. The minimum Gasteiger partial charge on any atom is -0.256 e. The first kappa shape index (κ1) is 15.8. The number of aromatic nitrogens is 1. The van der Waals surface area contributed by atoms with Crippen LogP contribution in [0, 0.1) is 5.92 Å². The zero-order valence-corrected chi connectivity index (χ0v) is 18.7. The molecule has 32 heavy (non-hydrogen) atoms. The minimum atomic E-state index is -2.40. The van der Waals surface area contributed by atoms with Gasteiger partial charge in [-0.1, -0.05) is 80.4 Å². The zero-order chi connectivity index (χ0) is 24.9. The normalized spacial score (nSPS) is 18.8. The van der Waals surface area contributed by atoms with Gasteiger partial charge >= 0.3 is 0 Å². The summed E-state index contributed by atoms with van der Waals surface area (Å²) in [5, 5.41) is 2.37. The molecule has 3 aromatic carbocycles. The lowest BCUT2D eigenvalue weighted by Gasteiger charge is -2.19. The van der Waals surface area contributed by atoms with Crippen LogP contribution in [0.3, 0.4) is 0 Å². The average molecular weight is 438 g/mol. The second-order valence-corrected chi connectivity index (χ2v) is 9.74. The van der Waals surface area contributed by atoms with E-state index in [4.69, 9.17) is 4.11 Å². The van der Waals surface area contributed by atoms with E-state index in [1.54, 1.807) is 23.6 Å². The standard InChI is InChI=1S/C30H27NS/c1-20(21-8-5-6-9-21)23-16-17-31-28(18-23)27-13-7-12-26-25-15-14-24(19-29(25)32-30(26)27)22-10-3-2-4-11-22/h2-4,7,10-21H,5-6,8-9H2,1H3/i1D3,20D. The van der Waals surface area contributed by atoms with Gasteiger partial charge in [-0.2, -0.15) is 0 Å². The van der Waals surface area contributed by atoms with Crippen molar-refractivity contribution >= 4 is 31.5 Å². The largest absolute Gasteiger partial charge is 0.256 e. The quantitative estimate of drug-likeness (QED) is 0.273. The van der Waals surface area contributed by atoms with E-state index in [-0.39, 0.29) is 5.92 Å². The Morgan fingerprint density at radius 3 is 2.62 bits per heavy atom. The van der Waals surface area contributed by atoms with Gasteiger partial charge in [-0.3, -0.25) is 4.98 Å². The zero-order valence-electron chi connectivity index (χ0n) is 21.8. The monoisotopic (exact) mass is 437 g/mol. The SMILES string of the molecule is [2H]C([2H])([2H])C([2H])(c1ccnc(-c2cccc3c2sc2cc(-c4ccccc4)ccc23)c1)C1CCCC1. The second-order valence-electron chi connectivity index (χ2n) is 8.69. The van der Waals surface area contributed by atoms with Crippen LogP contribution in [0.2, 0.25) is 0 Å². The molecule has 1 aliphatic rings. The first-order chi connectivity index (χ1) is 17.4. The van der Waals surface area contributed by atoms with E-state index in [0.29, 0.717) is 5.56 Å². The van der Waals surface area contributed by atoms with Gasteiger partial charge < -0.3 is 0 Å². The van der Waals surface area contributed by atoms with Gasteiger partial charge in [-0.05, 0) is 59.5 Å². The summed E-state index contributed by atoms with van der Waals surface area (Å²) < 4.78 is 36.4. The number of hydrogen-bond acceptors (Lipinski definition) is 2. The molecule has 2 heteroatoms. The Bertz CT molecular complexity index is 1550. The van der Waals surface area contributed by atoms with Gasteiger partial charge in [-0.15, -0.1) is 11.3 Å². The molecule has 1 aliphatic carbocycles. The Kier molecular flexibility index (Phi) is 4.03. The van der Waals surface area contributed by atoms with Crippen molar-refractivity contribution in [2.24, 2.45) is 5.92 Å². The van der Waals surface area contributed by atoms with Crippen LogP contribution in [0.5, 0.6) is 0 Å². The summed E-state index contributed by atoms with van der Waals surface area (Å²) in [6.07, 6.45) is 5.23. The predicted molar refractivity (Wildman–Crippen MR) is 138 cm³/mol. The van der Waals surface area contributed by atoms with Crippen LogP contribution in [0.25, 0.3) is 42.6 Å². The number of nitrogens with zero attached hydrogens (tertiary/aromatic N) is 1. The Hall–Kier alpha value is -2.97. The molecule has 1 saturated carbocycles. The summed E-state index contributed by atoms with van der Waals surface area (Å²) in [5.41, 5.74) is 4.63. The van der Waals surface area contributed by atoms with E-state index in [9.17, 15) is 1.37 Å². The van der Waals surface area contributed by atoms with Crippen LogP contribution in [0.15, 0.2) is 85.1 Å². The van der Waals surface area contributed by atoms with Gasteiger partial charge in [-0.25, -0.2) is 0 Å². The molecule has 0 bridgehead atoms. The Morgan fingerprint density at radius 1 is 0.906 bits per heavy atom. The molecule has 2 aromatic heterocycles. The van der Waals surface area contributed by atoms with E-state index in [2.05, 4.69) is 59.6 Å². The molecule has 5 aromatic rings. The minimum absolute atomic E-state index is 0.170. The molecule has 0 amide bonds. The Morgan fingerprint density at radius 2 is 1.78 bits per heavy atom. The van der Waals surface area contributed by atoms with Crippen LogP contribution in [0.4, 0.5) is 0 Å². The van der Waals surface area contributed by atoms with Crippen molar-refractivity contribution < 1.29 is 5.48 Å². The summed E-state index contributed by atoms with van der Waals surface area (Å²) >= 11 is 1.74. The molecule has 0 saturated heterocycles. The molecule has 1 nitrogen and oxygen atoms in total. The third-order valence-corrected chi connectivity index (χ3v) is 7.92. The van der Waals surface area contributed by atoms with E-state index in [1.807, 2.05) is 18.2 Å². The molecule has 2 heterocycles. The highest BCUT2D eigenvalue weighted by molar-refractivity contribution is 7.26. The second kappa shape index (κ2) is 8.18. The van der Waals surface area contributed by atoms with Crippen molar-refractivity contribution in [3.05, 3.63) is 90.6 Å². The fraction of sp³-hybridized carbons (Fsp3) is 0.233. The van der Waals surface area contributed by atoms with Crippen LogP contribution < -0.4 is 0 Å². The van der Waals surface area contributed by atoms with Gasteiger partial charge in [0.1, 0.15) is 0 Å². The lowest BCUT2D eigenvalue weighted by molar-refractivity contribution is 0.461. The Labute approximate surface area is 199 Å². The molecule has 0 N–H and O–H groups in total. The number of hydrogen-bond donors (Lipinski definition) is 0. The van der Waals surface area contributed by atoms with E-state index in [1.165, 1.54) is 26.6 Å². The molecule has 1 atom stereocenters. The topological polar surface area (TPSA) is 12.9 Å². The van der Waals surface area contributed by atoms with Gasteiger partial charge in [0.15, 0.2) is 0 Å². The highest BCUT2D eigenvalue weighted by atomic mass is 32.1. The number of fused-ring (bicyclic) bond motifs is 3. The van der Waals surface area contributed by atoms with Gasteiger partial charge in [0.2, 0.25) is 0 Å². The number of benzene rings is 3. The van der Waals surface area contributed by atoms with Crippen molar-refractivity contribution in [1.82, 2.24) is 4.98 Å². The summed E-state index contributed by atoms with van der Waals surface area (Å²) in [5.74, 6) is -1.79. The molecule has 0 spiro atoms. The highest BCUT2D eigenvalue weighted by Crippen LogP contribution is 2.42. The summed E-state index contributed by atoms with van der Waals surface area (Å²) in [4.78, 5) is 4.66. The molecule has 6 rings (SSSR count). The van der Waals surface area contributed by atoms with Gasteiger partial charge in [0, 0.05) is 37.4 Å². The van der Waals surface area contributed by atoms with Crippen LogP contribution in [-0.2, 0) is 0 Å². The molecule has 0 radical (unpaired) electrons. The summed E-state index contributed by atoms with van der Waals surface area (Å²) in [6, 6.07) is 26.8. The third-order valence-electron chi connectivity index (χ3n) is 6.72. The average Bonchev–Trinajstić information content (AvgIpc) is 3.56. The van der Waals surface area contributed by atoms with Crippen molar-refractivity contribution in [2.75, 3.05) is 0 Å². The highest BCUT2D eigenvalue weighted by Gasteiger charge is 2.23. The first-order valence-electron chi connectivity index (χ1n) is 13.3. The molecular weight excluding hydrogens is 406 g/mol. The maximum Gasteiger partial charge on any atom is 0.0719 e. The van der Waals surface area contributed by atoms with E-state index < -0.39 is 12.7 Å². The van der Waals surface area contributed by atoms with Crippen molar-refractivity contribution in [2.45, 2.75) is 38.4 Å². The number of pyridine rings is 1. The molecule has 1 fully saturated rings. The lowest BCUT2D eigenvalue weighted by Crippen LogP contribution is -2.06. The number of thiophene rings is 1. The van der Waals surface area contributed by atoms with Crippen LogP contribution >= 0.6 is 11.3 Å².